The minimum Gasteiger partial charge on any atom is -0.456 e. The van der Waals surface area contributed by atoms with Crippen molar-refractivity contribution in [3.8, 4) is 0 Å². The van der Waals surface area contributed by atoms with Gasteiger partial charge in [-0.2, -0.15) is 0 Å². The lowest BCUT2D eigenvalue weighted by atomic mass is 10.0. The number of unbranched alkanes of at least 4 members (excludes halogenated alkanes) is 29. The third-order valence-electron chi connectivity index (χ3n) is 13.8. The first-order chi connectivity index (χ1) is 37.4. The molecule has 0 aromatic carbocycles. The number of phosphoric acid groups is 1. The number of esters is 1. The Hall–Kier alpha value is -2.81. The predicted molar refractivity (Wildman–Crippen MR) is 332 cm³/mol. The smallest absolute Gasteiger partial charge is 0.456 e. The van der Waals surface area contributed by atoms with E-state index < -0.39 is 20.0 Å². The fourth-order valence-electron chi connectivity index (χ4n) is 8.94. The zero-order chi connectivity index (χ0) is 56.4. The zero-order valence-electron chi connectivity index (χ0n) is 50.9. The van der Waals surface area contributed by atoms with Crippen molar-refractivity contribution in [2.75, 3.05) is 40.9 Å². The Morgan fingerprint density at radius 3 is 1.25 bits per heavy atom. The van der Waals surface area contributed by atoms with Crippen LogP contribution in [-0.4, -0.2) is 74.3 Å². The van der Waals surface area contributed by atoms with Gasteiger partial charge in [0, 0.05) is 12.8 Å². The van der Waals surface area contributed by atoms with Crippen molar-refractivity contribution in [1.29, 1.82) is 0 Å². The van der Waals surface area contributed by atoms with Crippen molar-refractivity contribution in [3.63, 3.8) is 0 Å². The topological polar surface area (TPSA) is 111 Å². The fraction of sp³-hybridized carbons (Fsp3) is 0.761. The number of hydrogen-bond donors (Lipinski definition) is 2. The normalized spacial score (nSPS) is 14.2. The van der Waals surface area contributed by atoms with Crippen LogP contribution < -0.4 is 5.32 Å². The van der Waals surface area contributed by atoms with E-state index in [0.717, 1.165) is 103 Å². The minimum absolute atomic E-state index is 0.0339. The van der Waals surface area contributed by atoms with Crippen LogP contribution in [0.3, 0.4) is 0 Å². The van der Waals surface area contributed by atoms with Crippen molar-refractivity contribution in [3.05, 3.63) is 85.1 Å². The van der Waals surface area contributed by atoms with Gasteiger partial charge < -0.3 is 19.4 Å². The average molecular weight is 1100 g/mol. The van der Waals surface area contributed by atoms with E-state index in [2.05, 4.69) is 99.0 Å². The van der Waals surface area contributed by atoms with Gasteiger partial charge in [0.1, 0.15) is 19.3 Å². The number of ether oxygens (including phenoxy) is 1. The van der Waals surface area contributed by atoms with Crippen molar-refractivity contribution in [1.82, 2.24) is 5.32 Å². The first-order valence-corrected chi connectivity index (χ1v) is 33.4. The second-order valence-corrected chi connectivity index (χ2v) is 24.0. The summed E-state index contributed by atoms with van der Waals surface area (Å²) >= 11 is 0. The van der Waals surface area contributed by atoms with E-state index in [0.29, 0.717) is 23.9 Å². The van der Waals surface area contributed by atoms with Gasteiger partial charge in [0.05, 0.1) is 33.8 Å². The van der Waals surface area contributed by atoms with E-state index >= 15 is 0 Å². The number of nitrogens with zero attached hydrogens (tertiary/aromatic N) is 1. The maximum absolute atomic E-state index is 13.5. The van der Waals surface area contributed by atoms with Gasteiger partial charge in [0.25, 0.3) is 0 Å². The van der Waals surface area contributed by atoms with Crippen molar-refractivity contribution in [2.45, 2.75) is 290 Å². The molecule has 0 rings (SSSR count). The second kappa shape index (κ2) is 56.5. The highest BCUT2D eigenvalue weighted by Gasteiger charge is 2.30. The monoisotopic (exact) mass is 1100 g/mol. The van der Waals surface area contributed by atoms with Gasteiger partial charge in [0.15, 0.2) is 0 Å². The fourth-order valence-corrected chi connectivity index (χ4v) is 9.68. The molecule has 0 heterocycles. The summed E-state index contributed by atoms with van der Waals surface area (Å²) in [6.45, 7) is 6.89. The van der Waals surface area contributed by atoms with Gasteiger partial charge in [-0.15, -0.1) is 0 Å². The number of hydrogen-bond acceptors (Lipinski definition) is 6. The Morgan fingerprint density at radius 2 is 0.831 bits per heavy atom. The molecule has 1 amide bonds. The van der Waals surface area contributed by atoms with Gasteiger partial charge in [-0.1, -0.05) is 267 Å². The molecule has 0 aromatic rings. The number of carbonyl (C=O) groups excluding carboxylic acids is 2. The summed E-state index contributed by atoms with van der Waals surface area (Å²) in [6, 6.07) is -0.861. The second-order valence-electron chi connectivity index (χ2n) is 22.6. The van der Waals surface area contributed by atoms with E-state index in [1.165, 1.54) is 135 Å². The van der Waals surface area contributed by atoms with Crippen LogP contribution in [0.1, 0.15) is 278 Å². The number of amides is 1. The lowest BCUT2D eigenvalue weighted by molar-refractivity contribution is -0.870. The molecule has 2 N–H and O–H groups in total. The molecule has 0 saturated heterocycles. The van der Waals surface area contributed by atoms with Gasteiger partial charge >= 0.3 is 13.8 Å². The summed E-state index contributed by atoms with van der Waals surface area (Å²) in [7, 11) is 1.48. The number of quaternary nitrogens is 1. The predicted octanol–water partition coefficient (Wildman–Crippen LogP) is 19.8. The summed E-state index contributed by atoms with van der Waals surface area (Å²) in [5, 5.41) is 3.05. The van der Waals surface area contributed by atoms with Crippen LogP contribution in [0.4, 0.5) is 0 Å². The Bertz CT molecular complexity index is 1590. The van der Waals surface area contributed by atoms with Crippen molar-refractivity contribution < 1.29 is 37.3 Å². The maximum atomic E-state index is 13.5. The van der Waals surface area contributed by atoms with Crippen LogP contribution in [0.5, 0.6) is 0 Å². The number of rotatable bonds is 57. The minimum atomic E-state index is -4.46. The molecule has 3 atom stereocenters. The molecule has 0 radical (unpaired) electrons. The molecule has 0 aromatic heterocycles. The van der Waals surface area contributed by atoms with Gasteiger partial charge in [-0.25, -0.2) is 4.57 Å². The Morgan fingerprint density at radius 1 is 0.468 bits per heavy atom. The molecule has 0 saturated carbocycles. The lowest BCUT2D eigenvalue weighted by Crippen LogP contribution is -2.47. The largest absolute Gasteiger partial charge is 0.472 e. The highest BCUT2D eigenvalue weighted by atomic mass is 31.2. The molecule has 10 heteroatoms. The highest BCUT2D eigenvalue weighted by molar-refractivity contribution is 7.47. The summed E-state index contributed by atoms with van der Waals surface area (Å²) in [5.74, 6) is -0.530. The molecular formula is C67H122N2O7P+. The van der Waals surface area contributed by atoms with Crippen LogP contribution in [0.2, 0.25) is 0 Å². The molecule has 3 unspecified atom stereocenters. The molecule has 0 spiro atoms. The third kappa shape index (κ3) is 57.7. The molecule has 0 aliphatic rings. The SMILES string of the molecule is CC/C=C\C/C=C\C/C=C\C/C=C\C/C=C\C/C=C\CCCCCCC(=O)OC(/C=C/CCCCCCCCCCCC)C(COP(=O)(O)OCC[N+](C)(C)C)NC(=O)CCCCCCCCCCCCCCCCCC. The Balaban J connectivity index is 5.26. The van der Waals surface area contributed by atoms with E-state index in [1.807, 2.05) is 33.3 Å². The standard InChI is InChI=1S/C67H121N2O7P/c1-7-10-13-16-19-22-25-28-30-32-33-34-35-36-37-38-40-42-45-48-51-54-57-60-67(71)76-65(58-55-52-49-46-43-27-24-21-18-15-12-9-3)64(63-75-77(72,73)74-62-61-69(4,5)6)68-66(70)59-56-53-50-47-44-41-39-31-29-26-23-20-17-14-11-8-2/h10,13,19,22,28,30,33-34,36-37,40,42,55,58,64-65H,7-9,11-12,14-18,20-21,23-27,29,31-32,35,38-39,41,43-54,56-57,59-63H2,1-6H3,(H-,68,70,72,73)/p+1/b13-10-,22-19-,30-28-,34-33-,37-36-,42-40-,58-55+. The Kier molecular flexibility index (Phi) is 54.4. The summed E-state index contributed by atoms with van der Waals surface area (Å²) < 4.78 is 30.7. The van der Waals surface area contributed by atoms with E-state index in [4.69, 9.17) is 13.8 Å². The van der Waals surface area contributed by atoms with Crippen LogP contribution >= 0.6 is 7.82 Å². The van der Waals surface area contributed by atoms with Gasteiger partial charge in [0.2, 0.25) is 5.91 Å². The van der Waals surface area contributed by atoms with E-state index in [1.54, 1.807) is 0 Å². The first kappa shape index (κ1) is 74.2. The average Bonchev–Trinajstić information content (AvgIpc) is 3.39. The summed E-state index contributed by atoms with van der Waals surface area (Å²) in [5.41, 5.74) is 0. The third-order valence-corrected chi connectivity index (χ3v) is 14.8. The van der Waals surface area contributed by atoms with Crippen LogP contribution in [0.15, 0.2) is 85.1 Å². The van der Waals surface area contributed by atoms with Crippen LogP contribution in [-0.2, 0) is 27.9 Å². The van der Waals surface area contributed by atoms with E-state index in [9.17, 15) is 19.0 Å². The van der Waals surface area contributed by atoms with Crippen molar-refractivity contribution in [2.24, 2.45) is 0 Å². The molecule has 0 bridgehead atoms. The molecular weight excluding hydrogens is 976 g/mol. The van der Waals surface area contributed by atoms with Gasteiger partial charge in [-0.3, -0.25) is 18.6 Å². The maximum Gasteiger partial charge on any atom is 0.472 e. The quantitative estimate of drug-likeness (QED) is 0.0205. The summed E-state index contributed by atoms with van der Waals surface area (Å²) in [6.07, 6.45) is 74.3. The molecule has 0 aliphatic carbocycles. The van der Waals surface area contributed by atoms with Crippen LogP contribution in [0, 0.1) is 0 Å². The molecule has 446 valence electrons. The number of carbonyl (C=O) groups is 2. The number of phosphoric ester groups is 1. The van der Waals surface area contributed by atoms with Gasteiger partial charge in [-0.05, 0) is 83.1 Å². The number of allylic oxidation sites excluding steroid dienone is 13. The molecule has 0 aliphatic heterocycles. The van der Waals surface area contributed by atoms with Crippen molar-refractivity contribution >= 4 is 19.7 Å². The van der Waals surface area contributed by atoms with Crippen LogP contribution in [0.25, 0.3) is 0 Å². The van der Waals surface area contributed by atoms with E-state index in [-0.39, 0.29) is 31.5 Å². The highest BCUT2D eigenvalue weighted by Crippen LogP contribution is 2.43. The lowest BCUT2D eigenvalue weighted by Gasteiger charge is -2.27. The molecule has 9 nitrogen and oxygen atoms in total. The number of nitrogens with one attached hydrogen (secondary N) is 1. The summed E-state index contributed by atoms with van der Waals surface area (Å²) in [4.78, 5) is 37.7. The zero-order valence-corrected chi connectivity index (χ0v) is 51.8. The Labute approximate surface area is 476 Å². The first-order valence-electron chi connectivity index (χ1n) is 31.9. The number of likely N-dealkylation sites (N-methyl/N-ethyl adjacent to an activating group) is 1. The molecule has 0 fully saturated rings. The molecule has 77 heavy (non-hydrogen) atoms.